The number of hydrogen-bond acceptors (Lipinski definition) is 4. The van der Waals surface area contributed by atoms with Crippen LogP contribution in [-0.2, 0) is 14.3 Å². The van der Waals surface area contributed by atoms with Gasteiger partial charge in [0, 0.05) is 26.1 Å². The number of methoxy groups -OCH3 is 1. The van der Waals surface area contributed by atoms with E-state index in [0.717, 1.165) is 32.5 Å². The highest BCUT2D eigenvalue weighted by atomic mass is 16.5. The van der Waals surface area contributed by atoms with E-state index in [1.807, 2.05) is 11.8 Å². The summed E-state index contributed by atoms with van der Waals surface area (Å²) in [6.07, 6.45) is 2.46. The van der Waals surface area contributed by atoms with Gasteiger partial charge in [0.2, 0.25) is 5.91 Å². The van der Waals surface area contributed by atoms with Crippen LogP contribution in [0.2, 0.25) is 0 Å². The molecule has 0 aliphatic heterocycles. The van der Waals surface area contributed by atoms with E-state index >= 15 is 0 Å². The van der Waals surface area contributed by atoms with Gasteiger partial charge in [0.05, 0.1) is 13.0 Å². The number of rotatable bonds is 11. The van der Waals surface area contributed by atoms with Gasteiger partial charge in [-0.15, -0.1) is 0 Å². The Labute approximate surface area is 129 Å². The molecule has 0 fully saturated rings. The fraction of sp³-hybridized carbons (Fsp3) is 0.875. The molecule has 0 rings (SSSR count). The van der Waals surface area contributed by atoms with Gasteiger partial charge in [0.15, 0.2) is 0 Å². The van der Waals surface area contributed by atoms with Crippen LogP contribution in [0, 0.1) is 5.92 Å². The monoisotopic (exact) mass is 300 g/mol. The maximum Gasteiger partial charge on any atom is 0.310 e. The summed E-state index contributed by atoms with van der Waals surface area (Å²) in [5, 5.41) is 0. The number of amides is 1. The second-order valence-electron chi connectivity index (χ2n) is 5.39. The first-order chi connectivity index (χ1) is 9.99. The number of esters is 1. The first kappa shape index (κ1) is 19.9. The number of carbonyl (C=O) groups excluding carboxylic acids is 2. The molecular weight excluding hydrogens is 268 g/mol. The summed E-state index contributed by atoms with van der Waals surface area (Å²) in [7, 11) is 1.39. The van der Waals surface area contributed by atoms with Crippen molar-refractivity contribution in [2.75, 3.05) is 39.8 Å². The fourth-order valence-electron chi connectivity index (χ4n) is 2.21. The number of nitrogens with zero attached hydrogens (tertiary/aromatic N) is 2. The Morgan fingerprint density at radius 2 is 1.71 bits per heavy atom. The molecule has 0 aromatic heterocycles. The van der Waals surface area contributed by atoms with E-state index in [4.69, 9.17) is 4.74 Å². The van der Waals surface area contributed by atoms with Gasteiger partial charge in [-0.1, -0.05) is 34.1 Å². The Morgan fingerprint density at radius 1 is 1.10 bits per heavy atom. The molecule has 0 aliphatic rings. The molecule has 0 saturated carbocycles. The predicted octanol–water partition coefficient (Wildman–Crippen LogP) is 2.16. The number of likely N-dealkylation sites (N-methyl/N-ethyl adjacent to an activating group) is 1. The second-order valence-corrected chi connectivity index (χ2v) is 5.39. The number of hydrogen-bond donors (Lipinski definition) is 0. The largest absolute Gasteiger partial charge is 0.469 e. The lowest BCUT2D eigenvalue weighted by molar-refractivity contribution is -0.146. The van der Waals surface area contributed by atoms with Crippen molar-refractivity contribution in [1.82, 2.24) is 9.80 Å². The summed E-state index contributed by atoms with van der Waals surface area (Å²) >= 11 is 0. The van der Waals surface area contributed by atoms with Gasteiger partial charge in [-0.3, -0.25) is 9.59 Å². The number of carbonyl (C=O) groups is 2. The summed E-state index contributed by atoms with van der Waals surface area (Å²) in [5.41, 5.74) is 0. The smallest absolute Gasteiger partial charge is 0.310 e. The van der Waals surface area contributed by atoms with Crippen LogP contribution in [0.25, 0.3) is 0 Å². The van der Waals surface area contributed by atoms with Crippen LogP contribution in [0.1, 0.15) is 47.0 Å². The van der Waals surface area contributed by atoms with E-state index in [-0.39, 0.29) is 17.8 Å². The van der Waals surface area contributed by atoms with Crippen molar-refractivity contribution < 1.29 is 14.3 Å². The molecule has 21 heavy (non-hydrogen) atoms. The zero-order valence-electron chi connectivity index (χ0n) is 14.4. The van der Waals surface area contributed by atoms with E-state index in [1.165, 1.54) is 7.11 Å². The van der Waals surface area contributed by atoms with Gasteiger partial charge in [-0.25, -0.2) is 0 Å². The van der Waals surface area contributed by atoms with Crippen molar-refractivity contribution in [3.8, 4) is 0 Å². The standard InChI is InChI=1S/C16H32N2O3/c1-6-9-10-15(19)18(12-11-17(7-2)8-3)13-14(4)16(20)21-5/h14H,6-13H2,1-5H3. The van der Waals surface area contributed by atoms with Crippen molar-refractivity contribution in [3.63, 3.8) is 0 Å². The van der Waals surface area contributed by atoms with Crippen LogP contribution in [0.5, 0.6) is 0 Å². The predicted molar refractivity (Wildman–Crippen MR) is 85.1 cm³/mol. The van der Waals surface area contributed by atoms with Gasteiger partial charge in [-0.05, 0) is 19.5 Å². The molecule has 5 nitrogen and oxygen atoms in total. The topological polar surface area (TPSA) is 49.9 Å². The molecule has 0 radical (unpaired) electrons. The molecule has 0 aliphatic carbocycles. The minimum atomic E-state index is -0.280. The lowest BCUT2D eigenvalue weighted by atomic mass is 10.1. The van der Waals surface area contributed by atoms with Crippen LogP contribution in [0.15, 0.2) is 0 Å². The molecule has 0 N–H and O–H groups in total. The summed E-state index contributed by atoms with van der Waals surface area (Å²) in [5.74, 6) is -0.400. The lowest BCUT2D eigenvalue weighted by Crippen LogP contribution is -2.42. The molecule has 0 aromatic carbocycles. The molecule has 1 unspecified atom stereocenters. The zero-order chi connectivity index (χ0) is 16.3. The van der Waals surface area contributed by atoms with Crippen molar-refractivity contribution in [2.24, 2.45) is 5.92 Å². The zero-order valence-corrected chi connectivity index (χ0v) is 14.4. The van der Waals surface area contributed by atoms with Gasteiger partial charge >= 0.3 is 5.97 Å². The van der Waals surface area contributed by atoms with E-state index in [2.05, 4.69) is 25.7 Å². The van der Waals surface area contributed by atoms with E-state index in [1.54, 1.807) is 0 Å². The lowest BCUT2D eigenvalue weighted by Gasteiger charge is -2.28. The minimum absolute atomic E-state index is 0.139. The molecular formula is C16H32N2O3. The first-order valence-electron chi connectivity index (χ1n) is 8.07. The van der Waals surface area contributed by atoms with E-state index in [9.17, 15) is 9.59 Å². The van der Waals surface area contributed by atoms with E-state index in [0.29, 0.717) is 19.5 Å². The average molecular weight is 300 g/mol. The highest BCUT2D eigenvalue weighted by Crippen LogP contribution is 2.07. The van der Waals surface area contributed by atoms with Gasteiger partial charge in [0.25, 0.3) is 0 Å². The Balaban J connectivity index is 4.60. The molecule has 0 heterocycles. The number of unbranched alkanes of at least 4 members (excludes halogenated alkanes) is 1. The molecule has 124 valence electrons. The average Bonchev–Trinajstić information content (AvgIpc) is 2.51. The van der Waals surface area contributed by atoms with Crippen LogP contribution >= 0.6 is 0 Å². The quantitative estimate of drug-likeness (QED) is 0.549. The van der Waals surface area contributed by atoms with Gasteiger partial charge < -0.3 is 14.5 Å². The maximum atomic E-state index is 12.3. The van der Waals surface area contributed by atoms with Crippen molar-refractivity contribution in [3.05, 3.63) is 0 Å². The molecule has 0 aromatic rings. The Morgan fingerprint density at radius 3 is 2.19 bits per heavy atom. The van der Waals surface area contributed by atoms with Crippen molar-refractivity contribution in [2.45, 2.75) is 47.0 Å². The molecule has 5 heteroatoms. The third-order valence-electron chi connectivity index (χ3n) is 3.78. The van der Waals surface area contributed by atoms with E-state index < -0.39 is 0 Å². The summed E-state index contributed by atoms with van der Waals surface area (Å²) in [6, 6.07) is 0. The van der Waals surface area contributed by atoms with Gasteiger partial charge in [0.1, 0.15) is 0 Å². The molecule has 1 amide bonds. The maximum absolute atomic E-state index is 12.3. The Bertz CT molecular complexity index is 304. The third kappa shape index (κ3) is 8.05. The highest BCUT2D eigenvalue weighted by molar-refractivity contribution is 5.78. The Hall–Kier alpha value is -1.10. The number of ether oxygens (including phenoxy) is 1. The molecule has 0 spiro atoms. The normalized spacial score (nSPS) is 12.3. The molecule has 1 atom stereocenters. The fourth-order valence-corrected chi connectivity index (χ4v) is 2.21. The Kier molecular flexibility index (Phi) is 10.9. The molecule has 0 saturated heterocycles. The summed E-state index contributed by atoms with van der Waals surface area (Å²) in [4.78, 5) is 28.0. The van der Waals surface area contributed by atoms with Crippen LogP contribution in [0.3, 0.4) is 0 Å². The van der Waals surface area contributed by atoms with Gasteiger partial charge in [-0.2, -0.15) is 0 Å². The molecule has 0 bridgehead atoms. The SMILES string of the molecule is CCCCC(=O)N(CCN(CC)CC)CC(C)C(=O)OC. The van der Waals surface area contributed by atoms with Crippen LogP contribution < -0.4 is 0 Å². The second kappa shape index (κ2) is 11.5. The first-order valence-corrected chi connectivity index (χ1v) is 8.07. The third-order valence-corrected chi connectivity index (χ3v) is 3.78. The summed E-state index contributed by atoms with van der Waals surface area (Å²) < 4.78 is 4.75. The summed E-state index contributed by atoms with van der Waals surface area (Å²) in [6.45, 7) is 12.0. The van der Waals surface area contributed by atoms with Crippen LogP contribution in [0.4, 0.5) is 0 Å². The van der Waals surface area contributed by atoms with Crippen LogP contribution in [-0.4, -0.2) is 61.5 Å². The highest BCUT2D eigenvalue weighted by Gasteiger charge is 2.21. The minimum Gasteiger partial charge on any atom is -0.469 e. The van der Waals surface area contributed by atoms with Crippen molar-refractivity contribution >= 4 is 11.9 Å². The van der Waals surface area contributed by atoms with Crippen molar-refractivity contribution in [1.29, 1.82) is 0 Å².